The molecule has 0 bridgehead atoms. The van der Waals surface area contributed by atoms with Crippen LogP contribution in [-0.2, 0) is 0 Å². The molecule has 2 aromatic rings. The minimum absolute atomic E-state index is 0.140. The molecule has 2 heterocycles. The van der Waals surface area contributed by atoms with Gasteiger partial charge >= 0.3 is 0 Å². The molecule has 1 fully saturated rings. The lowest BCUT2D eigenvalue weighted by Crippen LogP contribution is -2.60. The fraction of sp³-hybridized carbons (Fsp3) is 0.364. The van der Waals surface area contributed by atoms with Gasteiger partial charge in [0.25, 0.3) is 0 Å². The van der Waals surface area contributed by atoms with Crippen molar-refractivity contribution in [2.75, 3.05) is 0 Å². The normalized spacial score (nSPS) is 30.2. The highest BCUT2D eigenvalue weighted by Gasteiger charge is 2.51. The summed E-state index contributed by atoms with van der Waals surface area (Å²) in [5.41, 5.74) is 6.87. The lowest BCUT2D eigenvalue weighted by Gasteiger charge is -2.51. The smallest absolute Gasteiger partial charge is 0.180 e. The second-order valence-electron chi connectivity index (χ2n) is 7.79. The Bertz CT molecular complexity index is 856. The summed E-state index contributed by atoms with van der Waals surface area (Å²) in [7, 11) is 0. The Hall–Kier alpha value is -1.97. The van der Waals surface area contributed by atoms with E-state index < -0.39 is 0 Å². The molecule has 0 amide bonds. The van der Waals surface area contributed by atoms with Crippen LogP contribution in [0, 0.1) is 5.92 Å². The Morgan fingerprint density at radius 1 is 1.12 bits per heavy atom. The maximum atomic E-state index is 6.63. The molecule has 1 N–H and O–H groups in total. The predicted molar refractivity (Wildman–Crippen MR) is 105 cm³/mol. The first-order chi connectivity index (χ1) is 12.6. The monoisotopic (exact) mass is 366 g/mol. The number of hydrogen-bond acceptors (Lipinski definition) is 3. The fourth-order valence-electron chi connectivity index (χ4n) is 4.49. The minimum Gasteiger partial charge on any atom is -0.471 e. The van der Waals surface area contributed by atoms with Crippen LogP contribution >= 0.6 is 11.6 Å². The van der Waals surface area contributed by atoms with E-state index >= 15 is 0 Å². The molecule has 1 spiro atoms. The number of nitrogens with zero attached hydrogens (tertiary/aromatic N) is 1. The van der Waals surface area contributed by atoms with Crippen LogP contribution in [0.25, 0.3) is 5.70 Å². The fourth-order valence-corrected chi connectivity index (χ4v) is 4.67. The number of ether oxygens (including phenoxy) is 1. The van der Waals surface area contributed by atoms with Crippen molar-refractivity contribution in [1.29, 1.82) is 0 Å². The summed E-state index contributed by atoms with van der Waals surface area (Å²) in [5, 5.41) is 3.09. The number of rotatable bonds is 1. The second-order valence-corrected chi connectivity index (χ2v) is 8.22. The van der Waals surface area contributed by atoms with Gasteiger partial charge in [-0.25, -0.2) is 0 Å². The molecule has 26 heavy (non-hydrogen) atoms. The molecule has 1 atom stereocenters. The van der Waals surface area contributed by atoms with Crippen LogP contribution < -0.4 is 10.2 Å². The number of halogens is 1. The second kappa shape index (κ2) is 6.04. The SMILES string of the molecule is CC1CCC2(CC1)Oc1ccc(Cl)cc1[C@H]1C=C(c3ccccc3)NN12. The lowest BCUT2D eigenvalue weighted by atomic mass is 9.82. The molecular formula is C22H23ClN2O. The molecule has 2 aromatic carbocycles. The van der Waals surface area contributed by atoms with Crippen LogP contribution in [-0.4, -0.2) is 10.7 Å². The quantitative estimate of drug-likeness (QED) is 0.717. The van der Waals surface area contributed by atoms with E-state index in [0.29, 0.717) is 0 Å². The van der Waals surface area contributed by atoms with Gasteiger partial charge in [-0.3, -0.25) is 0 Å². The lowest BCUT2D eigenvalue weighted by molar-refractivity contribution is -0.155. The van der Waals surface area contributed by atoms with Crippen LogP contribution in [0.4, 0.5) is 0 Å². The number of nitrogens with one attached hydrogen (secondary N) is 1. The topological polar surface area (TPSA) is 24.5 Å². The van der Waals surface area contributed by atoms with E-state index in [9.17, 15) is 0 Å². The van der Waals surface area contributed by atoms with Crippen molar-refractivity contribution < 1.29 is 4.74 Å². The Balaban J connectivity index is 1.59. The van der Waals surface area contributed by atoms with Gasteiger partial charge in [0.15, 0.2) is 5.72 Å². The average molecular weight is 367 g/mol. The van der Waals surface area contributed by atoms with Crippen molar-refractivity contribution in [1.82, 2.24) is 10.4 Å². The maximum absolute atomic E-state index is 6.63. The highest BCUT2D eigenvalue weighted by molar-refractivity contribution is 6.30. The van der Waals surface area contributed by atoms with E-state index in [4.69, 9.17) is 16.3 Å². The highest BCUT2D eigenvalue weighted by atomic mass is 35.5. The van der Waals surface area contributed by atoms with Gasteiger partial charge < -0.3 is 10.2 Å². The number of hydrazine groups is 1. The summed E-state index contributed by atoms with van der Waals surface area (Å²) >= 11 is 6.30. The van der Waals surface area contributed by atoms with Crippen molar-refractivity contribution in [3.05, 3.63) is 70.8 Å². The summed E-state index contributed by atoms with van der Waals surface area (Å²) in [6.45, 7) is 2.34. The van der Waals surface area contributed by atoms with Crippen LogP contribution in [0.15, 0.2) is 54.6 Å². The first kappa shape index (κ1) is 16.2. The van der Waals surface area contributed by atoms with Gasteiger partial charge in [0, 0.05) is 23.4 Å². The molecular weight excluding hydrogens is 344 g/mol. The van der Waals surface area contributed by atoms with Crippen molar-refractivity contribution in [2.45, 2.75) is 44.4 Å². The van der Waals surface area contributed by atoms with Gasteiger partial charge in [-0.05, 0) is 48.6 Å². The number of hydrogen-bond donors (Lipinski definition) is 1. The van der Waals surface area contributed by atoms with E-state index in [1.165, 1.54) is 18.4 Å². The largest absolute Gasteiger partial charge is 0.471 e. The van der Waals surface area contributed by atoms with E-state index in [0.717, 1.165) is 40.8 Å². The third-order valence-corrected chi connectivity index (χ3v) is 6.25. The Morgan fingerprint density at radius 2 is 1.88 bits per heavy atom. The summed E-state index contributed by atoms with van der Waals surface area (Å²) in [5.74, 6) is 1.73. The van der Waals surface area contributed by atoms with Crippen LogP contribution in [0.3, 0.4) is 0 Å². The molecule has 1 aliphatic carbocycles. The Kier molecular flexibility index (Phi) is 3.77. The van der Waals surface area contributed by atoms with Crippen LogP contribution in [0.5, 0.6) is 5.75 Å². The van der Waals surface area contributed by atoms with E-state index in [1.807, 2.05) is 18.2 Å². The molecule has 0 unspecified atom stereocenters. The van der Waals surface area contributed by atoms with Crippen LogP contribution in [0.2, 0.25) is 5.02 Å². The zero-order valence-electron chi connectivity index (χ0n) is 14.9. The first-order valence-corrected chi connectivity index (χ1v) is 9.84. The number of fused-ring (bicyclic) bond motifs is 4. The van der Waals surface area contributed by atoms with Gasteiger partial charge in [-0.15, -0.1) is 0 Å². The van der Waals surface area contributed by atoms with Crippen molar-refractivity contribution in [3.63, 3.8) is 0 Å². The Labute approximate surface area is 159 Å². The molecule has 3 aliphatic rings. The van der Waals surface area contributed by atoms with Gasteiger partial charge in [-0.1, -0.05) is 48.9 Å². The third-order valence-electron chi connectivity index (χ3n) is 6.01. The summed E-state index contributed by atoms with van der Waals surface area (Å²) < 4.78 is 6.63. The average Bonchev–Trinajstić information content (AvgIpc) is 3.12. The summed E-state index contributed by atoms with van der Waals surface area (Å²) in [6, 6.07) is 16.6. The molecule has 134 valence electrons. The zero-order valence-corrected chi connectivity index (χ0v) is 15.7. The van der Waals surface area contributed by atoms with Gasteiger partial charge in [0.1, 0.15) is 5.75 Å². The molecule has 2 aliphatic heterocycles. The summed E-state index contributed by atoms with van der Waals surface area (Å²) in [6.07, 6.45) is 6.76. The van der Waals surface area contributed by atoms with Crippen molar-refractivity contribution >= 4 is 17.3 Å². The van der Waals surface area contributed by atoms with E-state index in [2.05, 4.69) is 53.8 Å². The molecule has 4 heteroatoms. The number of benzene rings is 2. The van der Waals surface area contributed by atoms with Gasteiger partial charge in [0.05, 0.1) is 11.7 Å². The van der Waals surface area contributed by atoms with Crippen molar-refractivity contribution in [2.24, 2.45) is 5.92 Å². The summed E-state index contributed by atoms with van der Waals surface area (Å²) in [4.78, 5) is 0. The molecule has 5 rings (SSSR count). The highest BCUT2D eigenvalue weighted by Crippen LogP contribution is 2.50. The minimum atomic E-state index is -0.287. The first-order valence-electron chi connectivity index (χ1n) is 9.46. The van der Waals surface area contributed by atoms with Gasteiger partial charge in [0.2, 0.25) is 0 Å². The van der Waals surface area contributed by atoms with Gasteiger partial charge in [-0.2, -0.15) is 5.01 Å². The molecule has 1 saturated carbocycles. The standard InChI is InChI=1S/C22H23ClN2O/c1-15-9-11-22(12-10-15)25-20(18-13-17(23)7-8-21(18)26-22)14-19(24-25)16-5-3-2-4-6-16/h2-8,13-15,20,24H,9-12H2,1H3/t15?,20-,22?/m1/s1. The predicted octanol–water partition coefficient (Wildman–Crippen LogP) is 5.54. The zero-order chi connectivity index (χ0) is 17.7. The third kappa shape index (κ3) is 2.53. The van der Waals surface area contributed by atoms with Crippen molar-refractivity contribution in [3.8, 4) is 5.75 Å². The molecule has 0 saturated heterocycles. The van der Waals surface area contributed by atoms with E-state index in [1.54, 1.807) is 0 Å². The van der Waals surface area contributed by atoms with Crippen LogP contribution in [0.1, 0.15) is 49.8 Å². The maximum Gasteiger partial charge on any atom is 0.180 e. The molecule has 0 radical (unpaired) electrons. The van der Waals surface area contributed by atoms with E-state index in [-0.39, 0.29) is 11.8 Å². The Morgan fingerprint density at radius 3 is 2.65 bits per heavy atom. The molecule has 0 aromatic heterocycles. The molecule has 3 nitrogen and oxygen atoms in total.